The Bertz CT molecular complexity index is 1390. The number of anilines is 1. The van der Waals surface area contributed by atoms with E-state index < -0.39 is 16.0 Å². The van der Waals surface area contributed by atoms with Crippen LogP contribution in [0.5, 0.6) is 0 Å². The summed E-state index contributed by atoms with van der Waals surface area (Å²) in [6.45, 7) is 7.77. The minimum absolute atomic E-state index is 0.330. The third-order valence-electron chi connectivity index (χ3n) is 5.40. The number of rotatable bonds is 7. The number of fused-ring (bicyclic) bond motifs is 1. The van der Waals surface area contributed by atoms with E-state index in [2.05, 4.69) is 20.1 Å². The van der Waals surface area contributed by atoms with Gasteiger partial charge in [-0.05, 0) is 63.1 Å². The number of hydrogen-bond acceptors (Lipinski definition) is 5. The molecule has 33 heavy (non-hydrogen) atoms. The smallest absolute Gasteiger partial charge is 0.241 e. The second kappa shape index (κ2) is 8.92. The van der Waals surface area contributed by atoms with Gasteiger partial charge in [0.15, 0.2) is 0 Å². The molecule has 0 aliphatic carbocycles. The normalized spacial score (nSPS) is 12.8. The average Bonchev–Trinajstić information content (AvgIpc) is 3.16. The second-order valence-corrected chi connectivity index (χ2v) is 9.92. The van der Waals surface area contributed by atoms with Crippen molar-refractivity contribution in [3.8, 4) is 5.69 Å². The molecule has 0 spiro atoms. The lowest BCUT2D eigenvalue weighted by Gasteiger charge is -2.18. The van der Waals surface area contributed by atoms with Gasteiger partial charge >= 0.3 is 0 Å². The number of pyridine rings is 1. The first-order chi connectivity index (χ1) is 15.7. The number of hydrogen-bond donors (Lipinski definition) is 2. The minimum Gasteiger partial charge on any atom is -0.383 e. The summed E-state index contributed by atoms with van der Waals surface area (Å²) in [5.74, 6) is -0.551. The maximum Gasteiger partial charge on any atom is 0.241 e. The van der Waals surface area contributed by atoms with Crippen LogP contribution < -0.4 is 10.0 Å². The molecule has 2 N–H and O–H groups in total. The molecule has 9 heteroatoms. The van der Waals surface area contributed by atoms with Crippen molar-refractivity contribution in [2.24, 2.45) is 0 Å². The van der Waals surface area contributed by atoms with Gasteiger partial charge in [0.25, 0.3) is 0 Å². The fourth-order valence-electron chi connectivity index (χ4n) is 4.12. The summed E-state index contributed by atoms with van der Waals surface area (Å²) >= 11 is 0. The molecule has 1 unspecified atom stereocenters. The molecule has 2 aromatic carbocycles. The molecule has 1 atom stereocenters. The molecule has 172 valence electrons. The van der Waals surface area contributed by atoms with Crippen molar-refractivity contribution in [1.29, 1.82) is 0 Å². The highest BCUT2D eigenvalue weighted by atomic mass is 32.2. The van der Waals surface area contributed by atoms with Crippen LogP contribution >= 0.6 is 0 Å². The van der Waals surface area contributed by atoms with Crippen molar-refractivity contribution in [2.75, 3.05) is 11.9 Å². The van der Waals surface area contributed by atoms with Crippen molar-refractivity contribution in [3.63, 3.8) is 0 Å². The van der Waals surface area contributed by atoms with Gasteiger partial charge in [-0.1, -0.05) is 23.8 Å². The van der Waals surface area contributed by atoms with E-state index in [0.29, 0.717) is 17.1 Å². The van der Waals surface area contributed by atoms with Crippen LogP contribution in [-0.4, -0.2) is 35.8 Å². The second-order valence-electron chi connectivity index (χ2n) is 8.26. The SMILES string of the molecule is Cc1cc(C)c(S(=O)(=O)NC(C)CNc2cccc3c2cnn3-c2ccc(F)nc2)c(C)c1. The van der Waals surface area contributed by atoms with E-state index in [1.807, 2.05) is 58.0 Å². The fourth-order valence-corrected chi connectivity index (χ4v) is 5.82. The van der Waals surface area contributed by atoms with E-state index in [1.54, 1.807) is 16.9 Å². The summed E-state index contributed by atoms with van der Waals surface area (Å²) in [4.78, 5) is 4.02. The summed E-state index contributed by atoms with van der Waals surface area (Å²) < 4.78 is 43.7. The maximum atomic E-state index is 13.2. The molecular formula is C24H26FN5O2S. The third kappa shape index (κ3) is 4.74. The molecule has 2 heterocycles. The first-order valence-electron chi connectivity index (χ1n) is 10.6. The number of nitrogens with zero attached hydrogens (tertiary/aromatic N) is 3. The molecule has 0 saturated heterocycles. The van der Waals surface area contributed by atoms with E-state index in [0.717, 1.165) is 33.3 Å². The minimum atomic E-state index is -3.66. The molecular weight excluding hydrogens is 441 g/mol. The van der Waals surface area contributed by atoms with Gasteiger partial charge in [-0.3, -0.25) is 0 Å². The number of benzene rings is 2. The number of aryl methyl sites for hydroxylation is 3. The van der Waals surface area contributed by atoms with Gasteiger partial charge in [0, 0.05) is 23.7 Å². The predicted octanol–water partition coefficient (Wildman–Crippen LogP) is 4.26. The molecule has 2 aromatic heterocycles. The quantitative estimate of drug-likeness (QED) is 0.397. The van der Waals surface area contributed by atoms with Crippen molar-refractivity contribution in [3.05, 3.63) is 77.5 Å². The van der Waals surface area contributed by atoms with Gasteiger partial charge < -0.3 is 5.32 Å². The van der Waals surface area contributed by atoms with E-state index in [9.17, 15) is 12.8 Å². The van der Waals surface area contributed by atoms with Crippen LogP contribution in [0.3, 0.4) is 0 Å². The number of aromatic nitrogens is 3. The highest BCUT2D eigenvalue weighted by Crippen LogP contribution is 2.26. The summed E-state index contributed by atoms with van der Waals surface area (Å²) in [7, 11) is -3.66. The Morgan fingerprint density at radius 2 is 1.79 bits per heavy atom. The molecule has 0 aliphatic heterocycles. The number of sulfonamides is 1. The van der Waals surface area contributed by atoms with Gasteiger partial charge in [0.05, 0.1) is 28.5 Å². The highest BCUT2D eigenvalue weighted by Gasteiger charge is 2.22. The van der Waals surface area contributed by atoms with Crippen LogP contribution in [0.2, 0.25) is 0 Å². The number of halogens is 1. The van der Waals surface area contributed by atoms with Gasteiger partial charge in [0.2, 0.25) is 16.0 Å². The molecule has 0 amide bonds. The largest absolute Gasteiger partial charge is 0.383 e. The Morgan fingerprint density at radius 3 is 2.45 bits per heavy atom. The highest BCUT2D eigenvalue weighted by molar-refractivity contribution is 7.89. The Hall–Kier alpha value is -3.30. The molecule has 4 rings (SSSR count). The van der Waals surface area contributed by atoms with E-state index >= 15 is 0 Å². The van der Waals surface area contributed by atoms with E-state index in [1.165, 1.54) is 12.3 Å². The van der Waals surface area contributed by atoms with Crippen molar-refractivity contribution in [2.45, 2.75) is 38.6 Å². The first kappa shape index (κ1) is 22.9. The van der Waals surface area contributed by atoms with Crippen LogP contribution in [0.1, 0.15) is 23.6 Å². The molecule has 0 bridgehead atoms. The topological polar surface area (TPSA) is 88.9 Å². The zero-order valence-electron chi connectivity index (χ0n) is 18.9. The lowest BCUT2D eigenvalue weighted by atomic mass is 10.1. The molecule has 4 aromatic rings. The Labute approximate surface area is 192 Å². The van der Waals surface area contributed by atoms with Crippen LogP contribution in [0, 0.1) is 26.7 Å². The average molecular weight is 468 g/mol. The molecule has 0 aliphatic rings. The van der Waals surface area contributed by atoms with Crippen LogP contribution in [0.15, 0.2) is 59.8 Å². The maximum absolute atomic E-state index is 13.2. The molecule has 0 radical (unpaired) electrons. The Balaban J connectivity index is 1.51. The van der Waals surface area contributed by atoms with Crippen molar-refractivity contribution < 1.29 is 12.8 Å². The Morgan fingerprint density at radius 1 is 1.06 bits per heavy atom. The van der Waals surface area contributed by atoms with Crippen LogP contribution in [0.4, 0.5) is 10.1 Å². The number of nitrogens with one attached hydrogen (secondary N) is 2. The van der Waals surface area contributed by atoms with Gasteiger partial charge in [0.1, 0.15) is 0 Å². The van der Waals surface area contributed by atoms with E-state index in [-0.39, 0.29) is 6.04 Å². The van der Waals surface area contributed by atoms with Crippen LogP contribution in [-0.2, 0) is 10.0 Å². The zero-order chi connectivity index (χ0) is 23.8. The summed E-state index contributed by atoms with van der Waals surface area (Å²) in [5, 5.41) is 8.59. The summed E-state index contributed by atoms with van der Waals surface area (Å²) in [6, 6.07) is 12.0. The molecule has 0 saturated carbocycles. The molecule has 0 fully saturated rings. The third-order valence-corrected chi connectivity index (χ3v) is 7.29. The summed E-state index contributed by atoms with van der Waals surface area (Å²) in [6.07, 6.45) is 3.14. The fraction of sp³-hybridized carbons (Fsp3) is 0.250. The monoisotopic (exact) mass is 467 g/mol. The van der Waals surface area contributed by atoms with Crippen molar-refractivity contribution in [1.82, 2.24) is 19.5 Å². The van der Waals surface area contributed by atoms with Gasteiger partial charge in [-0.25, -0.2) is 22.8 Å². The predicted molar refractivity (Wildman–Crippen MR) is 128 cm³/mol. The van der Waals surface area contributed by atoms with E-state index in [4.69, 9.17) is 0 Å². The first-order valence-corrected chi connectivity index (χ1v) is 12.1. The molecule has 7 nitrogen and oxygen atoms in total. The Kier molecular flexibility index (Phi) is 6.18. The van der Waals surface area contributed by atoms with Crippen LogP contribution in [0.25, 0.3) is 16.6 Å². The van der Waals surface area contributed by atoms with Gasteiger partial charge in [-0.2, -0.15) is 9.49 Å². The standard InChI is InChI=1S/C24H26FN5O2S/c1-15-10-16(2)24(17(3)11-15)33(31,32)29-18(4)12-26-21-6-5-7-22-20(21)14-28-30(22)19-8-9-23(25)27-13-19/h5-11,13-14,18,26,29H,12H2,1-4H3. The van der Waals surface area contributed by atoms with Crippen molar-refractivity contribution >= 4 is 26.6 Å². The summed E-state index contributed by atoms with van der Waals surface area (Å²) in [5.41, 5.74) is 4.78. The zero-order valence-corrected chi connectivity index (χ0v) is 19.7. The lowest BCUT2D eigenvalue weighted by molar-refractivity contribution is 0.564. The van der Waals surface area contributed by atoms with Gasteiger partial charge in [-0.15, -0.1) is 0 Å². The lowest BCUT2D eigenvalue weighted by Crippen LogP contribution is -2.38.